The molecular formula is C21H28FNOSi. The van der Waals surface area contributed by atoms with Crippen LogP contribution in [0.3, 0.4) is 0 Å². The molecule has 1 aliphatic carbocycles. The minimum absolute atomic E-state index is 0.114. The van der Waals surface area contributed by atoms with Gasteiger partial charge >= 0.3 is 0 Å². The van der Waals surface area contributed by atoms with Crippen LogP contribution in [0.1, 0.15) is 31.9 Å². The SMILES string of the molecule is CC(C)(C)C1C(F)C(NCO[SiH3])C1(c1ccccc1)c1ccccc1. The van der Waals surface area contributed by atoms with Gasteiger partial charge in [0.1, 0.15) is 16.7 Å². The molecule has 0 spiro atoms. The van der Waals surface area contributed by atoms with Crippen LogP contribution >= 0.6 is 0 Å². The van der Waals surface area contributed by atoms with Crippen LogP contribution in [0.2, 0.25) is 0 Å². The molecule has 0 amide bonds. The van der Waals surface area contributed by atoms with Crippen LogP contribution in [0, 0.1) is 11.3 Å². The number of alkyl halides is 1. The van der Waals surface area contributed by atoms with Crippen molar-refractivity contribution < 1.29 is 8.82 Å². The van der Waals surface area contributed by atoms with Crippen molar-refractivity contribution in [2.75, 3.05) is 6.73 Å². The fourth-order valence-corrected chi connectivity index (χ4v) is 4.86. The fraction of sp³-hybridized carbons (Fsp3) is 0.429. The Bertz CT molecular complexity index is 647. The van der Waals surface area contributed by atoms with Gasteiger partial charge in [0.25, 0.3) is 0 Å². The lowest BCUT2D eigenvalue weighted by Crippen LogP contribution is -2.74. The summed E-state index contributed by atoms with van der Waals surface area (Å²) in [5.41, 5.74) is 1.77. The Kier molecular flexibility index (Phi) is 5.14. The van der Waals surface area contributed by atoms with Gasteiger partial charge in [-0.2, -0.15) is 0 Å². The first-order chi connectivity index (χ1) is 11.9. The predicted molar refractivity (Wildman–Crippen MR) is 104 cm³/mol. The summed E-state index contributed by atoms with van der Waals surface area (Å²) in [4.78, 5) is 0. The Hall–Kier alpha value is -1.49. The molecule has 3 rings (SSSR count). The molecule has 1 saturated carbocycles. The monoisotopic (exact) mass is 357 g/mol. The predicted octanol–water partition coefficient (Wildman–Crippen LogP) is 3.20. The molecule has 0 aromatic heterocycles. The van der Waals surface area contributed by atoms with Crippen molar-refractivity contribution in [2.24, 2.45) is 11.3 Å². The fourth-order valence-electron chi connectivity index (χ4n) is 4.69. The van der Waals surface area contributed by atoms with Gasteiger partial charge < -0.3 is 4.43 Å². The van der Waals surface area contributed by atoms with Crippen molar-refractivity contribution in [1.29, 1.82) is 0 Å². The zero-order valence-corrected chi connectivity index (χ0v) is 17.5. The minimum atomic E-state index is -0.919. The third-order valence-electron chi connectivity index (χ3n) is 5.50. The van der Waals surface area contributed by atoms with Crippen LogP contribution in [0.5, 0.6) is 0 Å². The molecule has 0 heterocycles. The molecule has 0 aliphatic heterocycles. The van der Waals surface area contributed by atoms with Crippen LogP contribution < -0.4 is 5.32 Å². The van der Waals surface area contributed by atoms with E-state index in [4.69, 9.17) is 4.43 Å². The molecule has 134 valence electrons. The van der Waals surface area contributed by atoms with Gasteiger partial charge in [-0.3, -0.25) is 5.32 Å². The Labute approximate surface area is 153 Å². The summed E-state index contributed by atoms with van der Waals surface area (Å²) in [6.07, 6.45) is -0.919. The highest BCUT2D eigenvalue weighted by molar-refractivity contribution is 5.97. The number of hydrogen-bond donors (Lipinski definition) is 1. The first-order valence-electron chi connectivity index (χ1n) is 8.91. The Morgan fingerprint density at radius 1 is 1.00 bits per heavy atom. The average molecular weight is 358 g/mol. The third kappa shape index (κ3) is 2.96. The van der Waals surface area contributed by atoms with Crippen LogP contribution in [0.15, 0.2) is 60.7 Å². The first-order valence-corrected chi connectivity index (χ1v) is 9.73. The molecule has 4 heteroatoms. The zero-order valence-electron chi connectivity index (χ0n) is 15.5. The summed E-state index contributed by atoms with van der Waals surface area (Å²) in [6.45, 7) is 6.83. The lowest BCUT2D eigenvalue weighted by molar-refractivity contribution is -0.0876. The molecule has 2 aromatic rings. The molecule has 1 N–H and O–H groups in total. The molecular weight excluding hydrogens is 329 g/mol. The Balaban J connectivity index is 2.21. The quantitative estimate of drug-likeness (QED) is 0.655. The minimum Gasteiger partial charge on any atom is -0.415 e. The summed E-state index contributed by atoms with van der Waals surface area (Å²) in [5, 5.41) is 3.35. The number of hydrogen-bond acceptors (Lipinski definition) is 2. The highest BCUT2D eigenvalue weighted by Crippen LogP contribution is 2.60. The standard InChI is InChI=1S/C21H28FNOSi/c1-20(2,3)18-17(22)19(23-14-24-25)21(18,15-10-6-4-7-11-15)16-12-8-5-9-13-16/h4-13,17-19,23H,14H2,1-3,25H3. The van der Waals surface area contributed by atoms with E-state index in [0.717, 1.165) is 0 Å². The highest BCUT2D eigenvalue weighted by Gasteiger charge is 2.67. The second-order valence-corrected chi connectivity index (χ2v) is 8.58. The molecule has 3 unspecified atom stereocenters. The van der Waals surface area contributed by atoms with Gasteiger partial charge in [0.05, 0.1) is 12.8 Å². The van der Waals surface area contributed by atoms with Gasteiger partial charge in [0.15, 0.2) is 0 Å². The summed E-state index contributed by atoms with van der Waals surface area (Å²) in [7, 11) is 0.640. The number of benzene rings is 2. The van der Waals surface area contributed by atoms with E-state index in [-0.39, 0.29) is 17.4 Å². The highest BCUT2D eigenvalue weighted by atomic mass is 28.2. The average Bonchev–Trinajstić information content (AvgIpc) is 2.60. The summed E-state index contributed by atoms with van der Waals surface area (Å²) < 4.78 is 20.8. The largest absolute Gasteiger partial charge is 0.415 e. The maximum atomic E-state index is 15.4. The van der Waals surface area contributed by atoms with E-state index in [1.54, 1.807) is 0 Å². The van der Waals surface area contributed by atoms with E-state index in [0.29, 0.717) is 17.2 Å². The summed E-state index contributed by atoms with van der Waals surface area (Å²) in [5.74, 6) is -0.114. The lowest BCUT2D eigenvalue weighted by Gasteiger charge is -2.63. The van der Waals surface area contributed by atoms with Crippen molar-refractivity contribution in [3.8, 4) is 0 Å². The van der Waals surface area contributed by atoms with Crippen LogP contribution in [0.25, 0.3) is 0 Å². The summed E-state index contributed by atoms with van der Waals surface area (Å²) >= 11 is 0. The van der Waals surface area contributed by atoms with E-state index < -0.39 is 11.6 Å². The third-order valence-corrected chi connectivity index (χ3v) is 5.79. The molecule has 25 heavy (non-hydrogen) atoms. The second kappa shape index (κ2) is 7.02. The van der Waals surface area contributed by atoms with Crippen LogP contribution in [-0.2, 0) is 9.84 Å². The smallest absolute Gasteiger partial charge is 0.147 e. The number of nitrogens with one attached hydrogen (secondary N) is 1. The van der Waals surface area contributed by atoms with E-state index in [1.807, 2.05) is 36.4 Å². The van der Waals surface area contributed by atoms with E-state index in [1.165, 1.54) is 11.1 Å². The van der Waals surface area contributed by atoms with Gasteiger partial charge in [-0.05, 0) is 16.5 Å². The summed E-state index contributed by atoms with van der Waals surface area (Å²) in [6, 6.07) is 20.5. The molecule has 2 aromatic carbocycles. The Morgan fingerprint density at radius 2 is 1.48 bits per heavy atom. The second-order valence-electron chi connectivity index (χ2n) is 8.00. The number of halogens is 1. The zero-order chi connectivity index (χ0) is 18.1. The lowest BCUT2D eigenvalue weighted by atomic mass is 9.43. The van der Waals surface area contributed by atoms with Crippen molar-refractivity contribution in [2.45, 2.75) is 38.4 Å². The van der Waals surface area contributed by atoms with E-state index >= 15 is 4.39 Å². The molecule has 1 aliphatic rings. The van der Waals surface area contributed by atoms with Gasteiger partial charge in [-0.1, -0.05) is 81.4 Å². The van der Waals surface area contributed by atoms with Crippen molar-refractivity contribution in [3.05, 3.63) is 71.8 Å². The maximum Gasteiger partial charge on any atom is 0.147 e. The van der Waals surface area contributed by atoms with Crippen molar-refractivity contribution >= 4 is 10.5 Å². The Morgan fingerprint density at radius 3 is 1.88 bits per heavy atom. The maximum absolute atomic E-state index is 15.4. The number of rotatable bonds is 5. The molecule has 1 fully saturated rings. The normalized spacial score (nSPS) is 25.5. The van der Waals surface area contributed by atoms with Crippen LogP contribution in [0.4, 0.5) is 4.39 Å². The first kappa shape index (κ1) is 18.3. The molecule has 0 saturated heterocycles. The molecule has 0 radical (unpaired) electrons. The van der Waals surface area contributed by atoms with Crippen molar-refractivity contribution in [3.63, 3.8) is 0 Å². The molecule has 2 nitrogen and oxygen atoms in total. The van der Waals surface area contributed by atoms with Gasteiger partial charge in [-0.15, -0.1) is 0 Å². The van der Waals surface area contributed by atoms with E-state index in [2.05, 4.69) is 50.4 Å². The van der Waals surface area contributed by atoms with Gasteiger partial charge in [0.2, 0.25) is 0 Å². The van der Waals surface area contributed by atoms with Gasteiger partial charge in [0, 0.05) is 11.3 Å². The molecule has 3 atom stereocenters. The van der Waals surface area contributed by atoms with Crippen molar-refractivity contribution in [1.82, 2.24) is 5.32 Å². The topological polar surface area (TPSA) is 21.3 Å². The van der Waals surface area contributed by atoms with E-state index in [9.17, 15) is 0 Å². The van der Waals surface area contributed by atoms with Crippen LogP contribution in [-0.4, -0.2) is 29.4 Å². The van der Waals surface area contributed by atoms with Gasteiger partial charge in [-0.25, -0.2) is 4.39 Å². The molecule has 0 bridgehead atoms.